The molecule has 2 N–H and O–H groups in total. The number of carbonyl (C=O) groups is 1. The molecule has 0 spiro atoms. The van der Waals surface area contributed by atoms with Crippen molar-refractivity contribution in [1.29, 1.82) is 0 Å². The van der Waals surface area contributed by atoms with E-state index in [4.69, 9.17) is 9.47 Å². The fourth-order valence-corrected chi connectivity index (χ4v) is 2.75. The van der Waals surface area contributed by atoms with E-state index >= 15 is 0 Å². The van der Waals surface area contributed by atoms with Crippen LogP contribution in [-0.2, 0) is 11.2 Å². The van der Waals surface area contributed by atoms with Crippen molar-refractivity contribution in [2.45, 2.75) is 38.7 Å². The summed E-state index contributed by atoms with van der Waals surface area (Å²) in [5.74, 6) is 1.19. The summed E-state index contributed by atoms with van der Waals surface area (Å²) in [7, 11) is 0. The van der Waals surface area contributed by atoms with Gasteiger partial charge in [0.15, 0.2) is 18.1 Å². The molecule has 1 heterocycles. The molecule has 0 atom stereocenters. The van der Waals surface area contributed by atoms with Crippen LogP contribution in [0.25, 0.3) is 0 Å². The van der Waals surface area contributed by atoms with Gasteiger partial charge in [-0.05, 0) is 32.8 Å². The van der Waals surface area contributed by atoms with Crippen molar-refractivity contribution in [2.75, 3.05) is 19.8 Å². The molecule has 1 aromatic carbocycles. The lowest BCUT2D eigenvalue weighted by Gasteiger charge is -2.18. The van der Waals surface area contributed by atoms with Crippen LogP contribution in [0.5, 0.6) is 11.5 Å². The van der Waals surface area contributed by atoms with Crippen LogP contribution < -0.4 is 14.8 Å². The molecule has 22 heavy (non-hydrogen) atoms. The fourth-order valence-electron chi connectivity index (χ4n) is 2.75. The number of para-hydroxylation sites is 1. The Labute approximate surface area is 130 Å². The van der Waals surface area contributed by atoms with Gasteiger partial charge in [-0.15, -0.1) is 0 Å². The molecule has 2 aliphatic rings. The number of fused-ring (bicyclic) bond motifs is 1. The lowest BCUT2D eigenvalue weighted by molar-refractivity contribution is -0.123. The summed E-state index contributed by atoms with van der Waals surface area (Å²) >= 11 is 0. The maximum absolute atomic E-state index is 11.9. The zero-order valence-electron chi connectivity index (χ0n) is 13.1. The highest BCUT2D eigenvalue weighted by Crippen LogP contribution is 2.44. The normalized spacial score (nSPS) is 20.0. The first kappa shape index (κ1) is 15.2. The van der Waals surface area contributed by atoms with E-state index in [0.29, 0.717) is 12.3 Å². The molecule has 0 radical (unpaired) electrons. The summed E-state index contributed by atoms with van der Waals surface area (Å²) in [6.45, 7) is 4.67. The highest BCUT2D eigenvalue weighted by molar-refractivity contribution is 5.77. The molecule has 0 unspecified atom stereocenters. The van der Waals surface area contributed by atoms with E-state index in [9.17, 15) is 9.90 Å². The lowest BCUT2D eigenvalue weighted by atomic mass is 10.0. The van der Waals surface area contributed by atoms with E-state index < -0.39 is 0 Å². The number of benzene rings is 1. The van der Waals surface area contributed by atoms with Gasteiger partial charge in [-0.3, -0.25) is 4.79 Å². The quantitative estimate of drug-likeness (QED) is 0.839. The van der Waals surface area contributed by atoms with Crippen LogP contribution in [0.1, 0.15) is 32.3 Å². The SMILES string of the molecule is CC1(C)Cc2cccc(OCC(=O)NCC3(CO)CC3)c2O1. The third-order valence-electron chi connectivity index (χ3n) is 4.37. The van der Waals surface area contributed by atoms with E-state index in [-0.39, 0.29) is 30.1 Å². The van der Waals surface area contributed by atoms with E-state index in [1.165, 1.54) is 0 Å². The number of rotatable bonds is 6. The average Bonchev–Trinajstić information content (AvgIpc) is 3.18. The van der Waals surface area contributed by atoms with Crippen LogP contribution in [0.4, 0.5) is 0 Å². The second-order valence-electron chi connectivity index (χ2n) is 7.01. The number of ether oxygens (including phenoxy) is 2. The summed E-state index contributed by atoms with van der Waals surface area (Å²) in [6.07, 6.45) is 2.78. The van der Waals surface area contributed by atoms with Gasteiger partial charge in [-0.25, -0.2) is 0 Å². The summed E-state index contributed by atoms with van der Waals surface area (Å²) in [5, 5.41) is 12.1. The fraction of sp³-hybridized carbons (Fsp3) is 0.588. The van der Waals surface area contributed by atoms with Gasteiger partial charge < -0.3 is 19.9 Å². The number of carbonyl (C=O) groups excluding carboxylic acids is 1. The highest BCUT2D eigenvalue weighted by Gasteiger charge is 2.42. The van der Waals surface area contributed by atoms with Gasteiger partial charge in [0, 0.05) is 23.9 Å². The van der Waals surface area contributed by atoms with Crippen molar-refractivity contribution in [2.24, 2.45) is 5.41 Å². The van der Waals surface area contributed by atoms with E-state index in [0.717, 1.165) is 30.6 Å². The monoisotopic (exact) mass is 305 g/mol. The van der Waals surface area contributed by atoms with Crippen molar-refractivity contribution in [3.63, 3.8) is 0 Å². The summed E-state index contributed by atoms with van der Waals surface area (Å²) in [4.78, 5) is 11.9. The van der Waals surface area contributed by atoms with Gasteiger partial charge in [-0.2, -0.15) is 0 Å². The Morgan fingerprint density at radius 3 is 2.86 bits per heavy atom. The van der Waals surface area contributed by atoms with Gasteiger partial charge in [0.2, 0.25) is 0 Å². The molecule has 1 saturated carbocycles. The maximum Gasteiger partial charge on any atom is 0.257 e. The lowest BCUT2D eigenvalue weighted by Crippen LogP contribution is -2.35. The van der Waals surface area contributed by atoms with Gasteiger partial charge in [0.1, 0.15) is 5.60 Å². The van der Waals surface area contributed by atoms with Gasteiger partial charge in [-0.1, -0.05) is 12.1 Å². The van der Waals surface area contributed by atoms with Crippen LogP contribution in [0.15, 0.2) is 18.2 Å². The molecule has 1 fully saturated rings. The number of amides is 1. The van der Waals surface area contributed by atoms with E-state index in [1.807, 2.05) is 32.0 Å². The number of hydrogen-bond donors (Lipinski definition) is 2. The molecule has 120 valence electrons. The van der Waals surface area contributed by atoms with E-state index in [2.05, 4.69) is 5.32 Å². The zero-order chi connectivity index (χ0) is 15.8. The van der Waals surface area contributed by atoms with Crippen molar-refractivity contribution < 1.29 is 19.4 Å². The Balaban J connectivity index is 1.54. The molecular formula is C17H23NO4. The van der Waals surface area contributed by atoms with Crippen molar-refractivity contribution in [3.05, 3.63) is 23.8 Å². The molecular weight excluding hydrogens is 282 g/mol. The third-order valence-corrected chi connectivity index (χ3v) is 4.37. The largest absolute Gasteiger partial charge is 0.483 e. The first-order valence-corrected chi connectivity index (χ1v) is 7.74. The van der Waals surface area contributed by atoms with Gasteiger partial charge in [0.05, 0.1) is 6.61 Å². The number of hydrogen-bond acceptors (Lipinski definition) is 4. The molecule has 5 heteroatoms. The zero-order valence-corrected chi connectivity index (χ0v) is 13.1. The molecule has 0 saturated heterocycles. The first-order chi connectivity index (χ1) is 10.4. The summed E-state index contributed by atoms with van der Waals surface area (Å²) < 4.78 is 11.5. The Hall–Kier alpha value is -1.75. The standard InChI is InChI=1S/C17H23NO4/c1-16(2)8-12-4-3-5-13(15(12)22-16)21-9-14(20)18-10-17(11-19)6-7-17/h3-5,19H,6-11H2,1-2H3,(H,18,20). The summed E-state index contributed by atoms with van der Waals surface area (Å²) in [5.41, 5.74) is 0.792. The molecule has 1 aliphatic carbocycles. The van der Waals surface area contributed by atoms with Crippen LogP contribution in [-0.4, -0.2) is 36.4 Å². The highest BCUT2D eigenvalue weighted by atomic mass is 16.5. The molecule has 1 aliphatic heterocycles. The van der Waals surface area contributed by atoms with Crippen molar-refractivity contribution in [3.8, 4) is 11.5 Å². The first-order valence-electron chi connectivity index (χ1n) is 7.74. The second kappa shape index (κ2) is 5.47. The average molecular weight is 305 g/mol. The summed E-state index contributed by atoms with van der Waals surface area (Å²) in [6, 6.07) is 5.76. The predicted molar refractivity (Wildman–Crippen MR) is 82.1 cm³/mol. The minimum atomic E-state index is -0.233. The molecule has 0 aromatic heterocycles. The number of nitrogens with one attached hydrogen (secondary N) is 1. The molecule has 5 nitrogen and oxygen atoms in total. The second-order valence-corrected chi connectivity index (χ2v) is 7.01. The van der Waals surface area contributed by atoms with Crippen molar-refractivity contribution >= 4 is 5.91 Å². The topological polar surface area (TPSA) is 67.8 Å². The Bertz CT molecular complexity index is 578. The van der Waals surface area contributed by atoms with Crippen LogP contribution >= 0.6 is 0 Å². The minimum Gasteiger partial charge on any atom is -0.483 e. The van der Waals surface area contributed by atoms with Crippen LogP contribution in [0.2, 0.25) is 0 Å². The number of aliphatic hydroxyl groups is 1. The molecule has 1 amide bonds. The van der Waals surface area contributed by atoms with E-state index in [1.54, 1.807) is 0 Å². The van der Waals surface area contributed by atoms with Gasteiger partial charge >= 0.3 is 0 Å². The third kappa shape index (κ3) is 3.19. The minimum absolute atomic E-state index is 0.0399. The van der Waals surface area contributed by atoms with Crippen LogP contribution in [0, 0.1) is 5.41 Å². The van der Waals surface area contributed by atoms with Gasteiger partial charge in [0.25, 0.3) is 5.91 Å². The Kier molecular flexibility index (Phi) is 3.77. The number of aliphatic hydroxyl groups excluding tert-OH is 1. The molecule has 3 rings (SSSR count). The maximum atomic E-state index is 11.9. The molecule has 1 aromatic rings. The Morgan fingerprint density at radius 1 is 1.41 bits per heavy atom. The van der Waals surface area contributed by atoms with Crippen molar-refractivity contribution in [1.82, 2.24) is 5.32 Å². The Morgan fingerprint density at radius 2 is 2.18 bits per heavy atom. The van der Waals surface area contributed by atoms with Crippen LogP contribution in [0.3, 0.4) is 0 Å². The smallest absolute Gasteiger partial charge is 0.257 e. The molecule has 0 bridgehead atoms. The predicted octanol–water partition coefficient (Wildman–Crippen LogP) is 1.67.